The van der Waals surface area contributed by atoms with Crippen LogP contribution in [0.15, 0.2) is 24.7 Å². The van der Waals surface area contributed by atoms with Gasteiger partial charge in [0.1, 0.15) is 6.33 Å². The van der Waals surface area contributed by atoms with E-state index in [1.54, 1.807) is 19.1 Å². The fraction of sp³-hybridized carbons (Fsp3) is 0.182. The van der Waals surface area contributed by atoms with E-state index in [2.05, 4.69) is 20.4 Å². The van der Waals surface area contributed by atoms with E-state index in [0.29, 0.717) is 23.6 Å². The van der Waals surface area contributed by atoms with Crippen LogP contribution in [-0.4, -0.2) is 26.2 Å². The molecule has 2 rings (SSSR count). The summed E-state index contributed by atoms with van der Waals surface area (Å²) in [6, 6.07) is 4.94. The summed E-state index contributed by atoms with van der Waals surface area (Å²) in [6.45, 7) is 1.78. The SMILES string of the molecule is CC(NC=O)c1ncnn1-c1cc(C#N)ccn1. The van der Waals surface area contributed by atoms with Crippen LogP contribution < -0.4 is 5.32 Å². The van der Waals surface area contributed by atoms with Gasteiger partial charge in [-0.2, -0.15) is 15.0 Å². The summed E-state index contributed by atoms with van der Waals surface area (Å²) in [7, 11) is 0. The largest absolute Gasteiger partial charge is 0.349 e. The molecule has 2 aromatic rings. The van der Waals surface area contributed by atoms with Crippen molar-refractivity contribution in [1.29, 1.82) is 5.26 Å². The zero-order valence-corrected chi connectivity index (χ0v) is 9.61. The summed E-state index contributed by atoms with van der Waals surface area (Å²) in [5.74, 6) is 1.03. The number of rotatable bonds is 4. The maximum atomic E-state index is 10.4. The molecule has 2 heterocycles. The molecule has 0 aliphatic heterocycles. The zero-order chi connectivity index (χ0) is 13.0. The molecule has 7 heteroatoms. The highest BCUT2D eigenvalue weighted by Crippen LogP contribution is 2.13. The lowest BCUT2D eigenvalue weighted by Gasteiger charge is -2.10. The molecular formula is C11H10N6O. The molecule has 0 aliphatic carbocycles. The minimum Gasteiger partial charge on any atom is -0.349 e. The summed E-state index contributed by atoms with van der Waals surface area (Å²) in [5.41, 5.74) is 0.484. The first kappa shape index (κ1) is 11.7. The molecule has 7 nitrogen and oxygen atoms in total. The van der Waals surface area contributed by atoms with Crippen LogP contribution >= 0.6 is 0 Å². The second kappa shape index (κ2) is 5.05. The van der Waals surface area contributed by atoms with Crippen LogP contribution in [0, 0.1) is 11.3 Å². The molecule has 90 valence electrons. The Bertz CT molecular complexity index is 600. The number of nitrogens with one attached hydrogen (secondary N) is 1. The highest BCUT2D eigenvalue weighted by atomic mass is 16.1. The molecule has 0 radical (unpaired) electrons. The van der Waals surface area contributed by atoms with Crippen LogP contribution in [0.1, 0.15) is 24.4 Å². The summed E-state index contributed by atoms with van der Waals surface area (Å²) < 4.78 is 1.49. The summed E-state index contributed by atoms with van der Waals surface area (Å²) in [4.78, 5) is 18.6. The molecule has 0 spiro atoms. The lowest BCUT2D eigenvalue weighted by Crippen LogP contribution is -2.20. The van der Waals surface area contributed by atoms with Gasteiger partial charge in [0, 0.05) is 12.3 Å². The van der Waals surface area contributed by atoms with Crippen LogP contribution in [0.2, 0.25) is 0 Å². The molecule has 1 atom stereocenters. The Morgan fingerprint density at radius 1 is 1.56 bits per heavy atom. The normalized spacial score (nSPS) is 11.6. The van der Waals surface area contributed by atoms with E-state index in [-0.39, 0.29) is 6.04 Å². The minimum atomic E-state index is -0.294. The van der Waals surface area contributed by atoms with Gasteiger partial charge in [-0.1, -0.05) is 0 Å². The number of nitriles is 1. The number of carbonyl (C=O) groups excluding carboxylic acids is 1. The van der Waals surface area contributed by atoms with Crippen molar-refractivity contribution in [3.8, 4) is 11.9 Å². The van der Waals surface area contributed by atoms with Crippen molar-refractivity contribution in [2.75, 3.05) is 0 Å². The third-order valence-corrected chi connectivity index (χ3v) is 2.37. The molecule has 18 heavy (non-hydrogen) atoms. The van der Waals surface area contributed by atoms with Crippen LogP contribution in [0.25, 0.3) is 5.82 Å². The molecule has 0 saturated heterocycles. The molecule has 0 aromatic carbocycles. The van der Waals surface area contributed by atoms with Gasteiger partial charge in [0.15, 0.2) is 11.6 Å². The van der Waals surface area contributed by atoms with Gasteiger partial charge in [0.2, 0.25) is 6.41 Å². The standard InChI is InChI=1S/C11H10N6O/c1-8(15-7-18)11-14-6-16-17(11)10-4-9(5-12)2-3-13-10/h2-4,6-8H,1H3,(H,15,18). The molecule has 1 N–H and O–H groups in total. The van der Waals surface area contributed by atoms with Crippen LogP contribution in [0.5, 0.6) is 0 Å². The highest BCUT2D eigenvalue weighted by Gasteiger charge is 2.14. The van der Waals surface area contributed by atoms with Crippen molar-refractivity contribution in [3.05, 3.63) is 36.0 Å². The first-order chi connectivity index (χ1) is 8.76. The predicted molar refractivity (Wildman–Crippen MR) is 61.5 cm³/mol. The molecular weight excluding hydrogens is 232 g/mol. The molecule has 0 saturated carbocycles. The lowest BCUT2D eigenvalue weighted by molar-refractivity contribution is -0.110. The monoisotopic (exact) mass is 242 g/mol. The molecule has 0 bridgehead atoms. The van der Waals surface area contributed by atoms with Gasteiger partial charge in [-0.15, -0.1) is 0 Å². The zero-order valence-electron chi connectivity index (χ0n) is 9.61. The van der Waals surface area contributed by atoms with Crippen LogP contribution in [0.4, 0.5) is 0 Å². The Morgan fingerprint density at radius 3 is 3.11 bits per heavy atom. The summed E-state index contributed by atoms with van der Waals surface area (Å²) in [6.07, 6.45) is 3.50. The number of nitrogens with zero attached hydrogens (tertiary/aromatic N) is 5. The summed E-state index contributed by atoms with van der Waals surface area (Å²) in [5, 5.41) is 15.5. The molecule has 1 amide bonds. The average Bonchev–Trinajstić information content (AvgIpc) is 2.88. The highest BCUT2D eigenvalue weighted by molar-refractivity contribution is 5.47. The van der Waals surface area contributed by atoms with Crippen LogP contribution in [-0.2, 0) is 4.79 Å². The van der Waals surface area contributed by atoms with E-state index in [9.17, 15) is 4.79 Å². The number of pyridine rings is 1. The minimum absolute atomic E-state index is 0.294. The van der Waals surface area contributed by atoms with E-state index in [4.69, 9.17) is 5.26 Å². The number of amides is 1. The Labute approximate surface area is 103 Å². The lowest BCUT2D eigenvalue weighted by atomic mass is 10.3. The molecule has 1 unspecified atom stereocenters. The van der Waals surface area contributed by atoms with E-state index in [1.807, 2.05) is 6.07 Å². The Morgan fingerprint density at radius 2 is 2.39 bits per heavy atom. The maximum absolute atomic E-state index is 10.4. The van der Waals surface area contributed by atoms with Crippen molar-refractivity contribution >= 4 is 6.41 Å². The van der Waals surface area contributed by atoms with Gasteiger partial charge in [-0.05, 0) is 13.0 Å². The Kier molecular flexibility index (Phi) is 3.29. The first-order valence-corrected chi connectivity index (χ1v) is 5.22. The van der Waals surface area contributed by atoms with Crippen molar-refractivity contribution in [1.82, 2.24) is 25.1 Å². The van der Waals surface area contributed by atoms with Gasteiger partial charge < -0.3 is 5.32 Å². The van der Waals surface area contributed by atoms with E-state index in [0.717, 1.165) is 0 Å². The van der Waals surface area contributed by atoms with Crippen molar-refractivity contribution in [2.24, 2.45) is 0 Å². The van der Waals surface area contributed by atoms with E-state index in [1.165, 1.54) is 17.2 Å². The van der Waals surface area contributed by atoms with Crippen molar-refractivity contribution < 1.29 is 4.79 Å². The molecule has 0 aliphatic rings. The summed E-state index contributed by atoms with van der Waals surface area (Å²) >= 11 is 0. The third-order valence-electron chi connectivity index (χ3n) is 2.37. The van der Waals surface area contributed by atoms with Gasteiger partial charge >= 0.3 is 0 Å². The van der Waals surface area contributed by atoms with Crippen LogP contribution in [0.3, 0.4) is 0 Å². The second-order valence-corrected chi connectivity index (χ2v) is 3.55. The average molecular weight is 242 g/mol. The van der Waals surface area contributed by atoms with E-state index < -0.39 is 0 Å². The number of carbonyl (C=O) groups is 1. The fourth-order valence-electron chi connectivity index (χ4n) is 1.50. The van der Waals surface area contributed by atoms with Gasteiger partial charge in [0.05, 0.1) is 17.7 Å². The van der Waals surface area contributed by atoms with Gasteiger partial charge in [0.25, 0.3) is 0 Å². The number of hydrogen-bond donors (Lipinski definition) is 1. The maximum Gasteiger partial charge on any atom is 0.207 e. The molecule has 2 aromatic heterocycles. The Hall–Kier alpha value is -2.75. The van der Waals surface area contributed by atoms with E-state index >= 15 is 0 Å². The number of hydrogen-bond acceptors (Lipinski definition) is 5. The fourth-order valence-corrected chi connectivity index (χ4v) is 1.50. The smallest absolute Gasteiger partial charge is 0.207 e. The predicted octanol–water partition coefficient (Wildman–Crippen LogP) is 0.341. The van der Waals surface area contributed by atoms with Gasteiger partial charge in [-0.3, -0.25) is 4.79 Å². The topological polar surface area (TPSA) is 96.5 Å². The third kappa shape index (κ3) is 2.17. The quantitative estimate of drug-likeness (QED) is 0.780. The van der Waals surface area contributed by atoms with Crippen molar-refractivity contribution in [2.45, 2.75) is 13.0 Å². The van der Waals surface area contributed by atoms with Gasteiger partial charge in [-0.25, -0.2) is 9.97 Å². The first-order valence-electron chi connectivity index (χ1n) is 5.22. The number of aromatic nitrogens is 4. The second-order valence-electron chi connectivity index (χ2n) is 3.55. The molecule has 0 fully saturated rings. The Balaban J connectivity index is 2.42. The van der Waals surface area contributed by atoms with Crippen molar-refractivity contribution in [3.63, 3.8) is 0 Å².